The second-order valence-electron chi connectivity index (χ2n) is 3.12. The molecule has 1 unspecified atom stereocenters. The molecule has 0 aromatic carbocycles. The maximum Gasteiger partial charge on any atom is 0.0540 e. The highest BCUT2D eigenvalue weighted by molar-refractivity contribution is 5.03. The molecular formula is C9H16N2O. The Hall–Kier alpha value is -0.830. The Labute approximate surface area is 73.0 Å². The summed E-state index contributed by atoms with van der Waals surface area (Å²) in [5, 5.41) is 13.4. The number of aliphatic hydroxyl groups is 1. The molecule has 12 heavy (non-hydrogen) atoms. The van der Waals surface area contributed by atoms with Gasteiger partial charge in [0, 0.05) is 13.2 Å². The van der Waals surface area contributed by atoms with Crippen molar-refractivity contribution in [3.63, 3.8) is 0 Å². The lowest BCUT2D eigenvalue weighted by Crippen LogP contribution is -2.05. The Kier molecular flexibility index (Phi) is 3.29. The maximum atomic E-state index is 9.30. The number of hydrogen-bond donors (Lipinski definition) is 1. The number of rotatable bonds is 4. The van der Waals surface area contributed by atoms with Crippen LogP contribution in [0.3, 0.4) is 0 Å². The van der Waals surface area contributed by atoms with E-state index in [9.17, 15) is 5.11 Å². The molecule has 1 rings (SSSR count). The Bertz CT molecular complexity index is 232. The molecule has 3 heteroatoms. The molecular weight excluding hydrogens is 152 g/mol. The molecule has 1 aromatic rings. The van der Waals surface area contributed by atoms with Crippen molar-refractivity contribution < 1.29 is 5.11 Å². The van der Waals surface area contributed by atoms with Gasteiger partial charge >= 0.3 is 0 Å². The van der Waals surface area contributed by atoms with E-state index in [-0.39, 0.29) is 6.10 Å². The summed E-state index contributed by atoms with van der Waals surface area (Å²) in [6.45, 7) is 1.99. The van der Waals surface area contributed by atoms with Gasteiger partial charge in [-0.15, -0.1) is 0 Å². The Morgan fingerprint density at radius 2 is 2.42 bits per heavy atom. The Balaban J connectivity index is 2.33. The highest BCUT2D eigenvalue weighted by Gasteiger charge is 2.02. The highest BCUT2D eigenvalue weighted by atomic mass is 16.3. The minimum absolute atomic E-state index is 0.162. The van der Waals surface area contributed by atoms with Crippen molar-refractivity contribution in [2.24, 2.45) is 7.05 Å². The third-order valence-corrected chi connectivity index (χ3v) is 2.00. The molecule has 1 aromatic heterocycles. The zero-order valence-electron chi connectivity index (χ0n) is 7.70. The number of hydrogen-bond acceptors (Lipinski definition) is 2. The second-order valence-corrected chi connectivity index (χ2v) is 3.12. The van der Waals surface area contributed by atoms with Gasteiger partial charge in [0.25, 0.3) is 0 Å². The summed E-state index contributed by atoms with van der Waals surface area (Å²) < 4.78 is 1.79. The molecule has 0 saturated heterocycles. The largest absolute Gasteiger partial charge is 0.393 e. The van der Waals surface area contributed by atoms with Crippen LogP contribution in [-0.4, -0.2) is 21.0 Å². The highest BCUT2D eigenvalue weighted by Crippen LogP contribution is 2.05. The zero-order valence-corrected chi connectivity index (χ0v) is 7.70. The molecule has 1 N–H and O–H groups in total. The van der Waals surface area contributed by atoms with Crippen molar-refractivity contribution in [1.82, 2.24) is 9.78 Å². The fraction of sp³-hybridized carbons (Fsp3) is 0.667. The van der Waals surface area contributed by atoms with E-state index >= 15 is 0 Å². The Morgan fingerprint density at radius 1 is 1.67 bits per heavy atom. The normalized spacial score (nSPS) is 13.2. The van der Waals surface area contributed by atoms with E-state index < -0.39 is 0 Å². The Morgan fingerprint density at radius 3 is 2.92 bits per heavy atom. The lowest BCUT2D eigenvalue weighted by molar-refractivity contribution is 0.160. The molecule has 1 heterocycles. The van der Waals surface area contributed by atoms with Crippen molar-refractivity contribution in [2.45, 2.75) is 32.3 Å². The maximum absolute atomic E-state index is 9.30. The molecule has 0 aliphatic rings. The van der Waals surface area contributed by atoms with Crippen molar-refractivity contribution in [3.8, 4) is 0 Å². The molecule has 0 fully saturated rings. The standard InChI is InChI=1S/C9H16N2O/c1-3-9(12)5-4-8-6-10-11(2)7-8/h6-7,9,12H,3-5H2,1-2H3. The van der Waals surface area contributed by atoms with Gasteiger partial charge in [0.2, 0.25) is 0 Å². The summed E-state index contributed by atoms with van der Waals surface area (Å²) in [6, 6.07) is 0. The van der Waals surface area contributed by atoms with Crippen LogP contribution in [-0.2, 0) is 13.5 Å². The first-order chi connectivity index (χ1) is 5.72. The number of aromatic nitrogens is 2. The molecule has 0 radical (unpaired) electrons. The van der Waals surface area contributed by atoms with Crippen molar-refractivity contribution >= 4 is 0 Å². The van der Waals surface area contributed by atoms with Crippen molar-refractivity contribution in [2.75, 3.05) is 0 Å². The lowest BCUT2D eigenvalue weighted by Gasteiger charge is -2.04. The van der Waals surface area contributed by atoms with E-state index in [0.717, 1.165) is 19.3 Å². The van der Waals surface area contributed by atoms with Gasteiger partial charge in [-0.2, -0.15) is 5.10 Å². The van der Waals surface area contributed by atoms with E-state index in [2.05, 4.69) is 5.10 Å². The van der Waals surface area contributed by atoms with Crippen LogP contribution in [0.25, 0.3) is 0 Å². The van der Waals surface area contributed by atoms with Gasteiger partial charge in [-0.1, -0.05) is 6.92 Å². The number of nitrogens with zero attached hydrogens (tertiary/aromatic N) is 2. The van der Waals surface area contributed by atoms with Crippen LogP contribution < -0.4 is 0 Å². The monoisotopic (exact) mass is 168 g/mol. The van der Waals surface area contributed by atoms with Crippen molar-refractivity contribution in [3.05, 3.63) is 18.0 Å². The zero-order chi connectivity index (χ0) is 8.97. The minimum atomic E-state index is -0.162. The lowest BCUT2D eigenvalue weighted by atomic mass is 10.1. The van der Waals surface area contributed by atoms with Gasteiger partial charge in [0.15, 0.2) is 0 Å². The molecule has 0 aliphatic carbocycles. The first-order valence-electron chi connectivity index (χ1n) is 4.38. The first-order valence-corrected chi connectivity index (χ1v) is 4.38. The van der Waals surface area contributed by atoms with Crippen LogP contribution in [0.1, 0.15) is 25.3 Å². The van der Waals surface area contributed by atoms with Gasteiger partial charge in [-0.05, 0) is 24.8 Å². The summed E-state index contributed by atoms with van der Waals surface area (Å²) in [6.07, 6.45) is 6.26. The molecule has 1 atom stereocenters. The fourth-order valence-electron chi connectivity index (χ4n) is 1.14. The van der Waals surface area contributed by atoms with E-state index in [4.69, 9.17) is 0 Å². The summed E-state index contributed by atoms with van der Waals surface area (Å²) >= 11 is 0. The van der Waals surface area contributed by atoms with E-state index in [0.29, 0.717) is 0 Å². The van der Waals surface area contributed by atoms with Gasteiger partial charge in [0.1, 0.15) is 0 Å². The second kappa shape index (κ2) is 4.26. The third-order valence-electron chi connectivity index (χ3n) is 2.00. The average Bonchev–Trinajstić information content (AvgIpc) is 2.47. The summed E-state index contributed by atoms with van der Waals surface area (Å²) in [4.78, 5) is 0. The molecule has 0 aliphatic heterocycles. The van der Waals surface area contributed by atoms with Gasteiger partial charge in [-0.25, -0.2) is 0 Å². The first kappa shape index (κ1) is 9.26. The number of aliphatic hydroxyl groups excluding tert-OH is 1. The van der Waals surface area contributed by atoms with Crippen molar-refractivity contribution in [1.29, 1.82) is 0 Å². The van der Waals surface area contributed by atoms with Crippen LogP contribution in [0.15, 0.2) is 12.4 Å². The summed E-state index contributed by atoms with van der Waals surface area (Å²) in [5.41, 5.74) is 1.20. The third kappa shape index (κ3) is 2.66. The minimum Gasteiger partial charge on any atom is -0.393 e. The molecule has 0 saturated carbocycles. The van der Waals surface area contributed by atoms with Gasteiger partial charge in [-0.3, -0.25) is 4.68 Å². The van der Waals surface area contributed by atoms with Crippen LogP contribution in [0.4, 0.5) is 0 Å². The molecule has 0 spiro atoms. The predicted molar refractivity (Wildman–Crippen MR) is 47.8 cm³/mol. The van der Waals surface area contributed by atoms with Crippen LogP contribution in [0, 0.1) is 0 Å². The van der Waals surface area contributed by atoms with Crippen LogP contribution >= 0.6 is 0 Å². The van der Waals surface area contributed by atoms with Crippen LogP contribution in [0.5, 0.6) is 0 Å². The molecule has 68 valence electrons. The molecule has 0 bridgehead atoms. The van der Waals surface area contributed by atoms with Gasteiger partial charge in [0.05, 0.1) is 12.3 Å². The fourth-order valence-corrected chi connectivity index (χ4v) is 1.14. The quantitative estimate of drug-likeness (QED) is 0.731. The van der Waals surface area contributed by atoms with Gasteiger partial charge < -0.3 is 5.11 Å². The van der Waals surface area contributed by atoms with E-state index in [1.54, 1.807) is 4.68 Å². The summed E-state index contributed by atoms with van der Waals surface area (Å²) in [5.74, 6) is 0. The van der Waals surface area contributed by atoms with E-state index in [1.165, 1.54) is 5.56 Å². The van der Waals surface area contributed by atoms with Crippen LogP contribution in [0.2, 0.25) is 0 Å². The van der Waals surface area contributed by atoms with E-state index in [1.807, 2.05) is 26.4 Å². The SMILES string of the molecule is CCC(O)CCc1cnn(C)c1. The molecule has 0 amide bonds. The topological polar surface area (TPSA) is 38.1 Å². The number of aryl methyl sites for hydroxylation is 2. The molecule has 3 nitrogen and oxygen atoms in total. The predicted octanol–water partition coefficient (Wildman–Crippen LogP) is 1.12. The smallest absolute Gasteiger partial charge is 0.0540 e. The summed E-state index contributed by atoms with van der Waals surface area (Å²) in [7, 11) is 1.90. The average molecular weight is 168 g/mol.